The van der Waals surface area contributed by atoms with Crippen molar-refractivity contribution in [2.24, 2.45) is 17.1 Å². The number of hydrogen-bond acceptors (Lipinski definition) is 6. The highest BCUT2D eigenvalue weighted by Crippen LogP contribution is 2.46. The lowest BCUT2D eigenvalue weighted by Gasteiger charge is -2.40. The smallest absolute Gasteiger partial charge is 0.262 e. The summed E-state index contributed by atoms with van der Waals surface area (Å²) in [5, 5.41) is 2.24. The molecule has 1 aliphatic carbocycles. The molecule has 2 bridgehead atoms. The van der Waals surface area contributed by atoms with Crippen molar-refractivity contribution >= 4 is 23.6 Å². The number of fused-ring (bicyclic) bond motifs is 3. The highest BCUT2D eigenvalue weighted by atomic mass is 16.2. The quantitative estimate of drug-likeness (QED) is 0.705. The Balaban J connectivity index is 1.41. The first kappa shape index (κ1) is 19.4. The predicted octanol–water partition coefficient (Wildman–Crippen LogP) is 0.649. The summed E-state index contributed by atoms with van der Waals surface area (Å²) < 4.78 is 0. The molecule has 8 nitrogen and oxygen atoms in total. The Bertz CT molecular complexity index is 960. The van der Waals surface area contributed by atoms with Crippen LogP contribution in [0.3, 0.4) is 0 Å². The lowest BCUT2D eigenvalue weighted by Crippen LogP contribution is -2.54. The Hall–Kier alpha value is -2.58. The number of piperidine rings is 2. The molecule has 3 aliphatic heterocycles. The third-order valence-corrected chi connectivity index (χ3v) is 7.26. The molecule has 158 valence electrons. The molecule has 1 saturated carbocycles. The fourth-order valence-corrected chi connectivity index (χ4v) is 5.86. The fraction of sp³-hybridized carbons (Fsp3) is 0.545. The van der Waals surface area contributed by atoms with Gasteiger partial charge < -0.3 is 5.73 Å². The zero-order valence-electron chi connectivity index (χ0n) is 16.9. The Morgan fingerprint density at radius 1 is 1.13 bits per heavy atom. The molecule has 3 N–H and O–H groups in total. The minimum Gasteiger partial charge on any atom is -0.330 e. The average molecular weight is 410 g/mol. The second kappa shape index (κ2) is 6.99. The maximum absolute atomic E-state index is 13.3. The van der Waals surface area contributed by atoms with E-state index in [0.29, 0.717) is 30.1 Å². The van der Waals surface area contributed by atoms with Gasteiger partial charge in [-0.25, -0.2) is 0 Å². The number of rotatable bonds is 4. The predicted molar refractivity (Wildman–Crippen MR) is 107 cm³/mol. The summed E-state index contributed by atoms with van der Waals surface area (Å²) in [4.78, 5) is 53.4. The van der Waals surface area contributed by atoms with Crippen molar-refractivity contribution in [3.63, 3.8) is 0 Å². The minimum absolute atomic E-state index is 0.118. The van der Waals surface area contributed by atoms with Gasteiger partial charge in [0.2, 0.25) is 11.8 Å². The number of carbonyl (C=O) groups excluding carboxylic acids is 4. The Morgan fingerprint density at radius 2 is 1.97 bits per heavy atom. The summed E-state index contributed by atoms with van der Waals surface area (Å²) in [6.07, 6.45) is 3.80. The van der Waals surface area contributed by atoms with Crippen LogP contribution >= 0.6 is 0 Å². The molecule has 3 fully saturated rings. The van der Waals surface area contributed by atoms with Crippen LogP contribution in [0, 0.1) is 11.3 Å². The molecule has 3 heterocycles. The van der Waals surface area contributed by atoms with Gasteiger partial charge >= 0.3 is 0 Å². The number of benzene rings is 1. The minimum atomic E-state index is -0.936. The lowest BCUT2D eigenvalue weighted by atomic mass is 9.82. The number of nitrogens with zero attached hydrogens (tertiary/aromatic N) is 2. The van der Waals surface area contributed by atoms with Crippen molar-refractivity contribution in [2.45, 2.75) is 44.7 Å². The van der Waals surface area contributed by atoms with Gasteiger partial charge in [0.15, 0.2) is 0 Å². The number of imide groups is 2. The van der Waals surface area contributed by atoms with Gasteiger partial charge in [-0.3, -0.25) is 34.3 Å². The van der Waals surface area contributed by atoms with E-state index in [0.717, 1.165) is 30.0 Å². The van der Waals surface area contributed by atoms with Gasteiger partial charge in [0.1, 0.15) is 6.04 Å². The van der Waals surface area contributed by atoms with Crippen molar-refractivity contribution in [1.29, 1.82) is 0 Å². The zero-order chi connectivity index (χ0) is 21.0. The number of nitrogens with two attached hydrogens (primary N) is 1. The van der Waals surface area contributed by atoms with E-state index in [1.807, 2.05) is 6.07 Å². The van der Waals surface area contributed by atoms with E-state index in [1.54, 1.807) is 12.1 Å². The van der Waals surface area contributed by atoms with E-state index in [9.17, 15) is 19.2 Å². The topological polar surface area (TPSA) is 113 Å². The molecule has 0 spiro atoms. The van der Waals surface area contributed by atoms with Crippen LogP contribution in [0.15, 0.2) is 18.2 Å². The van der Waals surface area contributed by atoms with E-state index in [4.69, 9.17) is 5.73 Å². The van der Waals surface area contributed by atoms with Gasteiger partial charge in [0.05, 0.1) is 11.1 Å². The molecule has 0 aromatic heterocycles. The van der Waals surface area contributed by atoms with Crippen LogP contribution in [0.5, 0.6) is 0 Å². The zero-order valence-corrected chi connectivity index (χ0v) is 16.9. The monoisotopic (exact) mass is 410 g/mol. The maximum atomic E-state index is 13.3. The summed E-state index contributed by atoms with van der Waals surface area (Å²) in [6.45, 7) is 3.14. The van der Waals surface area contributed by atoms with E-state index in [2.05, 4.69) is 10.2 Å². The molecule has 0 radical (unpaired) electrons. The molecule has 8 heteroatoms. The van der Waals surface area contributed by atoms with Gasteiger partial charge in [-0.2, -0.15) is 0 Å². The molecule has 5 rings (SSSR count). The van der Waals surface area contributed by atoms with Gasteiger partial charge in [-0.1, -0.05) is 12.1 Å². The number of carbonyl (C=O) groups is 4. The molecule has 3 atom stereocenters. The normalized spacial score (nSPS) is 31.3. The first-order chi connectivity index (χ1) is 14.4. The molecule has 4 amide bonds. The number of amides is 4. The molecular weight excluding hydrogens is 384 g/mol. The third kappa shape index (κ3) is 2.97. The van der Waals surface area contributed by atoms with Crippen LogP contribution < -0.4 is 11.1 Å². The van der Waals surface area contributed by atoms with Crippen LogP contribution in [0.4, 0.5) is 0 Å². The van der Waals surface area contributed by atoms with Crippen LogP contribution in [-0.2, 0) is 16.1 Å². The van der Waals surface area contributed by atoms with E-state index < -0.39 is 23.8 Å². The Kier molecular flexibility index (Phi) is 4.52. The Labute approximate surface area is 174 Å². The van der Waals surface area contributed by atoms with Crippen LogP contribution in [0.2, 0.25) is 0 Å². The largest absolute Gasteiger partial charge is 0.330 e. The van der Waals surface area contributed by atoms with Crippen molar-refractivity contribution < 1.29 is 19.2 Å². The summed E-state index contributed by atoms with van der Waals surface area (Å²) in [7, 11) is 0. The molecule has 1 aromatic carbocycles. The lowest BCUT2D eigenvalue weighted by molar-refractivity contribution is -0.136. The second-order valence-corrected chi connectivity index (χ2v) is 9.27. The van der Waals surface area contributed by atoms with Crippen LogP contribution in [0.25, 0.3) is 0 Å². The average Bonchev–Trinajstić information content (AvgIpc) is 3.17. The standard InChI is InChI=1S/C22H26N4O4/c23-11-22-7-6-13(8-22)9-25(12-22)10-14-2-1-3-15-18(14)21(30)26(20(15)29)16-4-5-17(27)24-19(16)28/h1-3,13,16H,4-12,23H2,(H,24,27,28). The second-order valence-electron chi connectivity index (χ2n) is 9.27. The van der Waals surface area contributed by atoms with Crippen molar-refractivity contribution in [1.82, 2.24) is 15.1 Å². The first-order valence-corrected chi connectivity index (χ1v) is 10.7. The van der Waals surface area contributed by atoms with Crippen molar-refractivity contribution in [3.8, 4) is 0 Å². The highest BCUT2D eigenvalue weighted by molar-refractivity contribution is 6.24. The van der Waals surface area contributed by atoms with Gasteiger partial charge in [-0.05, 0) is 55.2 Å². The SMILES string of the molecule is NCC12CCC(CN(Cc3cccc4c3C(=O)N(C3CCC(=O)NC3=O)C4=O)C1)C2. The van der Waals surface area contributed by atoms with Crippen LogP contribution in [-0.4, -0.2) is 59.1 Å². The van der Waals surface area contributed by atoms with Crippen LogP contribution in [0.1, 0.15) is 58.4 Å². The van der Waals surface area contributed by atoms with Gasteiger partial charge in [0.25, 0.3) is 11.8 Å². The highest BCUT2D eigenvalue weighted by Gasteiger charge is 2.47. The summed E-state index contributed by atoms with van der Waals surface area (Å²) in [5.41, 5.74) is 7.81. The Morgan fingerprint density at radius 3 is 2.73 bits per heavy atom. The van der Waals surface area contributed by atoms with E-state index in [1.165, 1.54) is 12.8 Å². The molecular formula is C22H26N4O4. The van der Waals surface area contributed by atoms with Gasteiger partial charge in [-0.15, -0.1) is 0 Å². The van der Waals surface area contributed by atoms with Crippen molar-refractivity contribution in [2.75, 3.05) is 19.6 Å². The number of likely N-dealkylation sites (tertiary alicyclic amines) is 1. The summed E-state index contributed by atoms with van der Waals surface area (Å²) in [6, 6.07) is 4.40. The number of nitrogens with one attached hydrogen (secondary N) is 1. The summed E-state index contributed by atoms with van der Waals surface area (Å²) in [5.74, 6) is -1.21. The molecule has 4 aliphatic rings. The summed E-state index contributed by atoms with van der Waals surface area (Å²) >= 11 is 0. The molecule has 3 unspecified atom stereocenters. The van der Waals surface area contributed by atoms with E-state index in [-0.39, 0.29) is 24.2 Å². The van der Waals surface area contributed by atoms with Gasteiger partial charge in [0, 0.05) is 26.1 Å². The molecule has 2 saturated heterocycles. The third-order valence-electron chi connectivity index (χ3n) is 7.26. The maximum Gasteiger partial charge on any atom is 0.262 e. The fourth-order valence-electron chi connectivity index (χ4n) is 5.86. The van der Waals surface area contributed by atoms with E-state index >= 15 is 0 Å². The van der Waals surface area contributed by atoms with Crippen molar-refractivity contribution in [3.05, 3.63) is 34.9 Å². The molecule has 30 heavy (non-hydrogen) atoms. The number of hydrogen-bond donors (Lipinski definition) is 2. The molecule has 1 aromatic rings. The first-order valence-electron chi connectivity index (χ1n) is 10.7.